The fourth-order valence-corrected chi connectivity index (χ4v) is 3.11. The van der Waals surface area contributed by atoms with E-state index in [9.17, 15) is 13.6 Å². The van der Waals surface area contributed by atoms with Gasteiger partial charge in [-0.3, -0.25) is 4.98 Å². The Morgan fingerprint density at radius 2 is 2.08 bits per heavy atom. The Hall–Kier alpha value is -2.54. The van der Waals surface area contributed by atoms with Gasteiger partial charge in [0.05, 0.1) is 17.9 Å². The number of carbonyl (C=O) groups excluding carboxylic acids is 1. The number of hydrogen-bond acceptors (Lipinski definition) is 3. The average molecular weight is 360 g/mol. The number of benzene rings is 1. The lowest BCUT2D eigenvalue weighted by molar-refractivity contribution is 0.165. The lowest BCUT2D eigenvalue weighted by Crippen LogP contribution is -2.47. The van der Waals surface area contributed by atoms with E-state index in [0.29, 0.717) is 6.54 Å². The third-order valence-corrected chi connectivity index (χ3v) is 4.62. The summed E-state index contributed by atoms with van der Waals surface area (Å²) in [6, 6.07) is 6.52. The van der Waals surface area contributed by atoms with Crippen LogP contribution >= 0.6 is 0 Å². The summed E-state index contributed by atoms with van der Waals surface area (Å²) in [7, 11) is 0. The largest absolute Gasteiger partial charge is 0.322 e. The average Bonchev–Trinajstić information content (AvgIpc) is 2.64. The number of rotatable bonds is 4. The van der Waals surface area contributed by atoms with Crippen LogP contribution in [0.15, 0.2) is 36.5 Å². The molecule has 0 bridgehead atoms. The highest BCUT2D eigenvalue weighted by atomic mass is 19.1. The molecular formula is C19H22F2N4O. The van der Waals surface area contributed by atoms with Crippen LogP contribution in [0.3, 0.4) is 0 Å². The molecule has 1 aliphatic rings. The van der Waals surface area contributed by atoms with Crippen molar-refractivity contribution < 1.29 is 13.6 Å². The Kier molecular flexibility index (Phi) is 5.78. The molecule has 138 valence electrons. The molecule has 26 heavy (non-hydrogen) atoms. The van der Waals surface area contributed by atoms with Crippen molar-refractivity contribution in [3.63, 3.8) is 0 Å². The summed E-state index contributed by atoms with van der Waals surface area (Å²) in [6.45, 7) is 3.92. The molecule has 5 nitrogen and oxygen atoms in total. The van der Waals surface area contributed by atoms with Gasteiger partial charge in [-0.05, 0) is 56.6 Å². The van der Waals surface area contributed by atoms with E-state index in [4.69, 9.17) is 0 Å². The van der Waals surface area contributed by atoms with E-state index < -0.39 is 17.7 Å². The number of aryl methyl sites for hydroxylation is 1. The second kappa shape index (κ2) is 8.23. The van der Waals surface area contributed by atoms with Crippen LogP contribution in [0.4, 0.5) is 19.3 Å². The SMILES string of the molecule is Cc1cccnc1CN(C(=O)Nc1ccc(F)cc1F)C1CCNCC1. The van der Waals surface area contributed by atoms with Crippen molar-refractivity contribution in [2.75, 3.05) is 18.4 Å². The first-order valence-corrected chi connectivity index (χ1v) is 8.68. The van der Waals surface area contributed by atoms with E-state index in [1.54, 1.807) is 11.1 Å². The van der Waals surface area contributed by atoms with Crippen LogP contribution in [0.2, 0.25) is 0 Å². The molecular weight excluding hydrogens is 338 g/mol. The van der Waals surface area contributed by atoms with Crippen molar-refractivity contribution in [2.24, 2.45) is 0 Å². The second-order valence-electron chi connectivity index (χ2n) is 6.43. The molecule has 1 fully saturated rings. The van der Waals surface area contributed by atoms with E-state index in [-0.39, 0.29) is 11.7 Å². The van der Waals surface area contributed by atoms with Gasteiger partial charge in [0, 0.05) is 18.3 Å². The van der Waals surface area contributed by atoms with Crippen LogP contribution in [-0.2, 0) is 6.54 Å². The molecule has 0 unspecified atom stereocenters. The maximum Gasteiger partial charge on any atom is 0.322 e. The second-order valence-corrected chi connectivity index (χ2v) is 6.43. The number of carbonyl (C=O) groups is 1. The van der Waals surface area contributed by atoms with Crippen molar-refractivity contribution in [1.82, 2.24) is 15.2 Å². The smallest absolute Gasteiger partial charge is 0.317 e. The first kappa shape index (κ1) is 18.3. The number of amides is 2. The number of hydrogen-bond donors (Lipinski definition) is 2. The molecule has 2 aromatic rings. The number of urea groups is 1. The Morgan fingerprint density at radius 1 is 1.31 bits per heavy atom. The lowest BCUT2D eigenvalue weighted by Gasteiger charge is -2.34. The molecule has 1 aliphatic heterocycles. The van der Waals surface area contributed by atoms with Gasteiger partial charge >= 0.3 is 6.03 Å². The van der Waals surface area contributed by atoms with Crippen LogP contribution in [0, 0.1) is 18.6 Å². The standard InChI is InChI=1S/C19H22F2N4O/c1-13-3-2-8-23-18(13)12-25(15-6-9-22-10-7-15)19(26)24-17-5-4-14(20)11-16(17)21/h2-5,8,11,15,22H,6-7,9-10,12H2,1H3,(H,24,26). The summed E-state index contributed by atoms with van der Waals surface area (Å²) >= 11 is 0. The summed E-state index contributed by atoms with van der Waals surface area (Å²) in [5.74, 6) is -1.47. The van der Waals surface area contributed by atoms with Gasteiger partial charge in [0.1, 0.15) is 11.6 Å². The van der Waals surface area contributed by atoms with E-state index in [1.165, 1.54) is 6.07 Å². The minimum absolute atomic E-state index is 0.0289. The molecule has 0 radical (unpaired) electrons. The summed E-state index contributed by atoms with van der Waals surface area (Å²) in [6.07, 6.45) is 3.32. The molecule has 2 amide bonds. The molecule has 3 rings (SSSR count). The monoisotopic (exact) mass is 360 g/mol. The fraction of sp³-hybridized carbons (Fsp3) is 0.368. The molecule has 0 spiro atoms. The Bertz CT molecular complexity index is 778. The van der Waals surface area contributed by atoms with Crippen molar-refractivity contribution >= 4 is 11.7 Å². The number of anilines is 1. The number of nitrogens with one attached hydrogen (secondary N) is 2. The maximum atomic E-state index is 13.9. The van der Waals surface area contributed by atoms with E-state index >= 15 is 0 Å². The molecule has 2 N–H and O–H groups in total. The van der Waals surface area contributed by atoms with Gasteiger partial charge in [-0.1, -0.05) is 6.07 Å². The highest BCUT2D eigenvalue weighted by Gasteiger charge is 2.27. The summed E-state index contributed by atoms with van der Waals surface area (Å²) < 4.78 is 27.0. The molecule has 1 saturated heterocycles. The summed E-state index contributed by atoms with van der Waals surface area (Å²) in [5.41, 5.74) is 1.76. The van der Waals surface area contributed by atoms with Gasteiger partial charge in [0.15, 0.2) is 0 Å². The predicted octanol–water partition coefficient (Wildman–Crippen LogP) is 3.45. The van der Waals surface area contributed by atoms with E-state index in [0.717, 1.165) is 49.3 Å². The van der Waals surface area contributed by atoms with Crippen LogP contribution in [0.1, 0.15) is 24.1 Å². The quantitative estimate of drug-likeness (QED) is 0.878. The molecule has 0 atom stereocenters. The minimum atomic E-state index is -0.794. The number of nitrogens with zero attached hydrogens (tertiary/aromatic N) is 2. The van der Waals surface area contributed by atoms with Gasteiger partial charge in [0.2, 0.25) is 0 Å². The highest BCUT2D eigenvalue weighted by Crippen LogP contribution is 2.20. The predicted molar refractivity (Wildman–Crippen MR) is 95.8 cm³/mol. The zero-order valence-electron chi connectivity index (χ0n) is 14.6. The lowest BCUT2D eigenvalue weighted by atomic mass is 10.0. The molecule has 1 aromatic heterocycles. The van der Waals surface area contributed by atoms with E-state index in [1.807, 2.05) is 19.1 Å². The molecule has 2 heterocycles. The van der Waals surface area contributed by atoms with E-state index in [2.05, 4.69) is 15.6 Å². The summed E-state index contributed by atoms with van der Waals surface area (Å²) in [4.78, 5) is 18.9. The van der Waals surface area contributed by atoms with Crippen LogP contribution < -0.4 is 10.6 Å². The summed E-state index contributed by atoms with van der Waals surface area (Å²) in [5, 5.41) is 5.84. The first-order valence-electron chi connectivity index (χ1n) is 8.68. The zero-order valence-corrected chi connectivity index (χ0v) is 14.6. The van der Waals surface area contributed by atoms with Gasteiger partial charge in [-0.15, -0.1) is 0 Å². The zero-order chi connectivity index (χ0) is 18.5. The Labute approximate surface area is 151 Å². The molecule has 0 saturated carbocycles. The minimum Gasteiger partial charge on any atom is -0.317 e. The van der Waals surface area contributed by atoms with Gasteiger partial charge in [0.25, 0.3) is 0 Å². The van der Waals surface area contributed by atoms with Crippen molar-refractivity contribution in [3.8, 4) is 0 Å². The fourth-order valence-electron chi connectivity index (χ4n) is 3.11. The number of pyridine rings is 1. The molecule has 0 aliphatic carbocycles. The maximum absolute atomic E-state index is 13.9. The number of aromatic nitrogens is 1. The van der Waals surface area contributed by atoms with Crippen molar-refractivity contribution in [2.45, 2.75) is 32.4 Å². The van der Waals surface area contributed by atoms with Gasteiger partial charge in [-0.25, -0.2) is 13.6 Å². The number of halogens is 2. The van der Waals surface area contributed by atoms with Crippen LogP contribution in [0.25, 0.3) is 0 Å². The first-order chi connectivity index (χ1) is 12.5. The van der Waals surface area contributed by atoms with Gasteiger partial charge < -0.3 is 15.5 Å². The highest BCUT2D eigenvalue weighted by molar-refractivity contribution is 5.89. The molecule has 7 heteroatoms. The van der Waals surface area contributed by atoms with Crippen molar-refractivity contribution in [1.29, 1.82) is 0 Å². The third kappa shape index (κ3) is 4.35. The topological polar surface area (TPSA) is 57.3 Å². The van der Waals surface area contributed by atoms with Crippen molar-refractivity contribution in [3.05, 3.63) is 59.4 Å². The number of piperidine rings is 1. The van der Waals surface area contributed by atoms with Gasteiger partial charge in [-0.2, -0.15) is 0 Å². The molecule has 1 aromatic carbocycles. The third-order valence-electron chi connectivity index (χ3n) is 4.62. The normalized spacial score (nSPS) is 14.9. The Balaban J connectivity index is 1.81. The van der Waals surface area contributed by atoms with Crippen LogP contribution in [0.5, 0.6) is 0 Å². The Morgan fingerprint density at radius 3 is 2.77 bits per heavy atom. The van der Waals surface area contributed by atoms with Crippen LogP contribution in [-0.4, -0.2) is 35.0 Å².